The fraction of sp³-hybridized carbons (Fsp3) is 0.533. The lowest BCUT2D eigenvalue weighted by molar-refractivity contribution is 0.348. The van der Waals surface area contributed by atoms with Crippen LogP contribution in [0.5, 0.6) is 0 Å². The number of sulfone groups is 1. The predicted octanol–water partition coefficient (Wildman–Crippen LogP) is 2.02. The van der Waals surface area contributed by atoms with Gasteiger partial charge in [-0.25, -0.2) is 8.42 Å². The van der Waals surface area contributed by atoms with E-state index in [0.29, 0.717) is 22.9 Å². The van der Waals surface area contributed by atoms with E-state index < -0.39 is 9.84 Å². The Morgan fingerprint density at radius 2 is 2.10 bits per heavy atom. The highest BCUT2D eigenvalue weighted by Gasteiger charge is 2.24. The number of rotatable bonds is 6. The Hall–Kier alpha value is -1.03. The maximum Gasteiger partial charge on any atom is 0.179 e. The van der Waals surface area contributed by atoms with Crippen LogP contribution in [0.15, 0.2) is 29.2 Å². The Labute approximate surface area is 131 Å². The second kappa shape index (κ2) is 7.30. The number of hydrogen-bond donors (Lipinski definition) is 0. The molecule has 1 aliphatic rings. The number of nitriles is 1. The molecule has 114 valence electrons. The van der Waals surface area contributed by atoms with Gasteiger partial charge >= 0.3 is 0 Å². The number of benzene rings is 1. The smallest absolute Gasteiger partial charge is 0.179 e. The zero-order chi connectivity index (χ0) is 15.3. The van der Waals surface area contributed by atoms with Crippen molar-refractivity contribution in [1.82, 2.24) is 4.90 Å². The lowest BCUT2D eigenvalue weighted by atomic mass is 10.2. The van der Waals surface area contributed by atoms with Crippen molar-refractivity contribution in [3.05, 3.63) is 29.8 Å². The Balaban J connectivity index is 1.91. The molecule has 21 heavy (non-hydrogen) atoms. The molecule has 1 heterocycles. The maximum absolute atomic E-state index is 12.3. The van der Waals surface area contributed by atoms with Crippen LogP contribution in [0.4, 0.5) is 0 Å². The van der Waals surface area contributed by atoms with Crippen molar-refractivity contribution < 1.29 is 8.42 Å². The van der Waals surface area contributed by atoms with E-state index in [2.05, 4.69) is 11.2 Å². The van der Waals surface area contributed by atoms with Crippen LogP contribution in [0.25, 0.3) is 0 Å². The third-order valence-corrected chi connectivity index (χ3v) is 6.31. The largest absolute Gasteiger partial charge is 0.302 e. The van der Waals surface area contributed by atoms with Gasteiger partial charge in [-0.05, 0) is 55.2 Å². The third kappa shape index (κ3) is 4.47. The van der Waals surface area contributed by atoms with E-state index in [1.807, 2.05) is 17.8 Å². The molecule has 1 unspecified atom stereocenters. The zero-order valence-corrected chi connectivity index (χ0v) is 13.8. The van der Waals surface area contributed by atoms with E-state index in [9.17, 15) is 8.42 Å². The molecule has 0 saturated carbocycles. The van der Waals surface area contributed by atoms with E-state index >= 15 is 0 Å². The van der Waals surface area contributed by atoms with Gasteiger partial charge in [-0.15, -0.1) is 0 Å². The first-order chi connectivity index (χ1) is 10.0. The quantitative estimate of drug-likeness (QED) is 0.801. The first-order valence-corrected chi connectivity index (χ1v) is 10.0. The van der Waals surface area contributed by atoms with Crippen LogP contribution >= 0.6 is 11.8 Å². The van der Waals surface area contributed by atoms with E-state index in [-0.39, 0.29) is 5.75 Å². The van der Waals surface area contributed by atoms with Gasteiger partial charge in [0.1, 0.15) is 0 Å². The number of hydrogen-bond acceptors (Lipinski definition) is 5. The highest BCUT2D eigenvalue weighted by atomic mass is 32.2. The summed E-state index contributed by atoms with van der Waals surface area (Å²) in [6.07, 6.45) is 3.27. The van der Waals surface area contributed by atoms with Gasteiger partial charge in [0.05, 0.1) is 22.3 Å². The summed E-state index contributed by atoms with van der Waals surface area (Å²) in [4.78, 5) is 2.54. The molecule has 1 saturated heterocycles. The summed E-state index contributed by atoms with van der Waals surface area (Å²) in [6, 6.07) is 8.14. The van der Waals surface area contributed by atoms with E-state index in [0.717, 1.165) is 25.3 Å². The van der Waals surface area contributed by atoms with Gasteiger partial charge in [-0.2, -0.15) is 17.0 Å². The molecule has 1 atom stereocenters. The van der Waals surface area contributed by atoms with Crippen LogP contribution in [0, 0.1) is 17.2 Å². The summed E-state index contributed by atoms with van der Waals surface area (Å²) >= 11 is 1.85. The molecule has 0 amide bonds. The van der Waals surface area contributed by atoms with Crippen molar-refractivity contribution >= 4 is 21.6 Å². The molecular weight excluding hydrogens is 304 g/mol. The van der Waals surface area contributed by atoms with Crippen LogP contribution in [0.1, 0.15) is 12.0 Å². The van der Waals surface area contributed by atoms with Crippen molar-refractivity contribution in [2.24, 2.45) is 5.92 Å². The zero-order valence-electron chi connectivity index (χ0n) is 12.2. The first-order valence-electron chi connectivity index (χ1n) is 6.99. The molecule has 0 N–H and O–H groups in total. The third-order valence-electron chi connectivity index (χ3n) is 3.79. The van der Waals surface area contributed by atoms with Crippen LogP contribution < -0.4 is 0 Å². The highest BCUT2D eigenvalue weighted by Crippen LogP contribution is 2.20. The number of nitrogens with zero attached hydrogens (tertiary/aromatic N) is 2. The molecule has 6 heteroatoms. The highest BCUT2D eigenvalue weighted by molar-refractivity contribution is 7.98. The van der Waals surface area contributed by atoms with Gasteiger partial charge in [-0.3, -0.25) is 0 Å². The van der Waals surface area contributed by atoms with Crippen molar-refractivity contribution in [3.8, 4) is 6.07 Å². The second-order valence-corrected chi connectivity index (χ2v) is 8.39. The summed E-state index contributed by atoms with van der Waals surface area (Å²) in [5, 5.41) is 8.74. The van der Waals surface area contributed by atoms with Crippen LogP contribution in [-0.2, 0) is 9.84 Å². The maximum atomic E-state index is 12.3. The van der Waals surface area contributed by atoms with E-state index in [1.165, 1.54) is 12.1 Å². The Morgan fingerprint density at radius 1 is 1.38 bits per heavy atom. The molecule has 0 radical (unpaired) electrons. The van der Waals surface area contributed by atoms with E-state index in [1.54, 1.807) is 12.1 Å². The molecule has 0 aliphatic carbocycles. The van der Waals surface area contributed by atoms with Crippen molar-refractivity contribution in [1.29, 1.82) is 5.26 Å². The second-order valence-electron chi connectivity index (χ2n) is 5.37. The van der Waals surface area contributed by atoms with Crippen LogP contribution in [-0.4, -0.2) is 50.7 Å². The molecule has 2 rings (SSSR count). The summed E-state index contributed by atoms with van der Waals surface area (Å²) in [6.45, 7) is 2.59. The molecule has 1 fully saturated rings. The predicted molar refractivity (Wildman–Crippen MR) is 86.1 cm³/mol. The topological polar surface area (TPSA) is 61.2 Å². The lowest BCUT2D eigenvalue weighted by Gasteiger charge is -2.15. The fourth-order valence-electron chi connectivity index (χ4n) is 2.59. The average Bonchev–Trinajstić information content (AvgIpc) is 2.93. The number of likely N-dealkylation sites (tertiary alicyclic amines) is 1. The minimum atomic E-state index is -3.26. The Morgan fingerprint density at radius 3 is 2.71 bits per heavy atom. The molecule has 0 spiro atoms. The van der Waals surface area contributed by atoms with Gasteiger partial charge in [0, 0.05) is 13.1 Å². The average molecular weight is 324 g/mol. The minimum absolute atomic E-state index is 0.144. The van der Waals surface area contributed by atoms with Crippen molar-refractivity contribution in [2.75, 3.05) is 37.4 Å². The summed E-state index contributed by atoms with van der Waals surface area (Å²) < 4.78 is 24.6. The molecule has 4 nitrogen and oxygen atoms in total. The van der Waals surface area contributed by atoms with Crippen LogP contribution in [0.2, 0.25) is 0 Å². The van der Waals surface area contributed by atoms with Gasteiger partial charge < -0.3 is 4.90 Å². The standard InChI is InChI=1S/C15H20N2O2S2/c1-20-12-14-6-7-17(11-14)8-9-21(18,19)15-4-2-13(10-16)3-5-15/h2-5,14H,6-9,11-12H2,1H3. The van der Waals surface area contributed by atoms with Crippen molar-refractivity contribution in [3.63, 3.8) is 0 Å². The Bertz CT molecular complexity index is 606. The molecule has 0 bridgehead atoms. The summed E-state index contributed by atoms with van der Waals surface area (Å²) in [5.74, 6) is 1.99. The van der Waals surface area contributed by atoms with Gasteiger partial charge in [0.15, 0.2) is 9.84 Å². The van der Waals surface area contributed by atoms with Gasteiger partial charge in [0.25, 0.3) is 0 Å². The van der Waals surface area contributed by atoms with Gasteiger partial charge in [0.2, 0.25) is 0 Å². The summed E-state index contributed by atoms with van der Waals surface area (Å²) in [5.41, 5.74) is 0.480. The normalized spacial score (nSPS) is 19.5. The van der Waals surface area contributed by atoms with Gasteiger partial charge in [-0.1, -0.05) is 0 Å². The molecule has 0 aromatic heterocycles. The molecule has 1 aromatic rings. The van der Waals surface area contributed by atoms with E-state index in [4.69, 9.17) is 5.26 Å². The fourth-order valence-corrected chi connectivity index (χ4v) is 4.62. The monoisotopic (exact) mass is 324 g/mol. The molecule has 1 aromatic carbocycles. The Kier molecular flexibility index (Phi) is 5.68. The summed E-state index contributed by atoms with van der Waals surface area (Å²) in [7, 11) is -3.26. The lowest BCUT2D eigenvalue weighted by Crippen LogP contribution is -2.27. The molecule has 1 aliphatic heterocycles. The van der Waals surface area contributed by atoms with Crippen molar-refractivity contribution in [2.45, 2.75) is 11.3 Å². The van der Waals surface area contributed by atoms with Crippen LogP contribution in [0.3, 0.4) is 0 Å². The molecular formula is C15H20N2O2S2. The number of thioether (sulfide) groups is 1. The SMILES string of the molecule is CSCC1CCN(CCS(=O)(=O)c2ccc(C#N)cc2)C1. The first kappa shape index (κ1) is 16.3. The minimum Gasteiger partial charge on any atom is -0.302 e.